The van der Waals surface area contributed by atoms with Crippen molar-refractivity contribution in [3.8, 4) is 11.8 Å². The van der Waals surface area contributed by atoms with Crippen LogP contribution in [0.3, 0.4) is 0 Å². The van der Waals surface area contributed by atoms with E-state index < -0.39 is 0 Å². The molecule has 0 spiro atoms. The van der Waals surface area contributed by atoms with Crippen LogP contribution in [0.5, 0.6) is 0 Å². The van der Waals surface area contributed by atoms with Crippen molar-refractivity contribution in [2.24, 2.45) is 0 Å². The quantitative estimate of drug-likeness (QED) is 0.744. The zero-order chi connectivity index (χ0) is 11.5. The first-order valence-electron chi connectivity index (χ1n) is 5.59. The molecular weight excluding hydrogens is 182 g/mol. The highest BCUT2D eigenvalue weighted by Crippen LogP contribution is 2.02. The van der Waals surface area contributed by atoms with Crippen molar-refractivity contribution >= 4 is 0 Å². The summed E-state index contributed by atoms with van der Waals surface area (Å²) in [5.41, 5.74) is 2.39. The Labute approximate surface area is 93.9 Å². The average Bonchev–Trinajstić information content (AvgIpc) is 2.31. The number of benzene rings is 1. The van der Waals surface area contributed by atoms with Gasteiger partial charge in [0.2, 0.25) is 0 Å². The standard InChI is InChI=1S/C12H15N.C2H6/c1-3-5-11-6-8-12(9-7-11)10-13-4-2;1-2/h6-9,13H,4,10H2,1-2H3;1-2H3. The van der Waals surface area contributed by atoms with E-state index in [0.717, 1.165) is 18.7 Å². The van der Waals surface area contributed by atoms with E-state index in [4.69, 9.17) is 0 Å². The maximum atomic E-state index is 3.28. The summed E-state index contributed by atoms with van der Waals surface area (Å²) in [6.07, 6.45) is 0. The minimum absolute atomic E-state index is 0.941. The molecule has 1 aromatic carbocycles. The lowest BCUT2D eigenvalue weighted by Crippen LogP contribution is -2.11. The molecular formula is C14H21N. The van der Waals surface area contributed by atoms with Gasteiger partial charge in [-0.05, 0) is 31.2 Å². The number of hydrogen-bond acceptors (Lipinski definition) is 1. The van der Waals surface area contributed by atoms with Gasteiger partial charge in [-0.25, -0.2) is 0 Å². The summed E-state index contributed by atoms with van der Waals surface area (Å²) >= 11 is 0. The molecule has 82 valence electrons. The van der Waals surface area contributed by atoms with Crippen molar-refractivity contribution in [2.45, 2.75) is 34.2 Å². The maximum Gasteiger partial charge on any atom is 0.0245 e. The smallest absolute Gasteiger partial charge is 0.0245 e. The first kappa shape index (κ1) is 13.7. The summed E-state index contributed by atoms with van der Waals surface area (Å²) in [5.74, 6) is 5.90. The van der Waals surface area contributed by atoms with Crippen LogP contribution >= 0.6 is 0 Å². The van der Waals surface area contributed by atoms with E-state index in [1.165, 1.54) is 5.56 Å². The Morgan fingerprint density at radius 1 is 1.13 bits per heavy atom. The van der Waals surface area contributed by atoms with Crippen LogP contribution in [0.1, 0.15) is 38.8 Å². The number of nitrogens with one attached hydrogen (secondary N) is 1. The molecule has 0 heterocycles. The van der Waals surface area contributed by atoms with E-state index in [1.807, 2.05) is 20.8 Å². The molecule has 0 saturated carbocycles. The molecule has 1 heteroatoms. The largest absolute Gasteiger partial charge is 0.313 e. The van der Waals surface area contributed by atoms with Crippen LogP contribution in [-0.4, -0.2) is 6.54 Å². The van der Waals surface area contributed by atoms with Crippen molar-refractivity contribution < 1.29 is 0 Å². The molecule has 1 N–H and O–H groups in total. The van der Waals surface area contributed by atoms with Crippen LogP contribution in [0.15, 0.2) is 24.3 Å². The van der Waals surface area contributed by atoms with E-state index >= 15 is 0 Å². The predicted octanol–water partition coefficient (Wildman–Crippen LogP) is 3.19. The molecule has 0 amide bonds. The zero-order valence-corrected chi connectivity index (χ0v) is 10.2. The van der Waals surface area contributed by atoms with Gasteiger partial charge in [0.25, 0.3) is 0 Å². The Kier molecular flexibility index (Phi) is 8.52. The fraction of sp³-hybridized carbons (Fsp3) is 0.429. The van der Waals surface area contributed by atoms with E-state index in [1.54, 1.807) is 0 Å². The van der Waals surface area contributed by atoms with Gasteiger partial charge in [0.05, 0.1) is 0 Å². The van der Waals surface area contributed by atoms with Gasteiger partial charge in [-0.1, -0.05) is 38.8 Å². The monoisotopic (exact) mass is 203 g/mol. The summed E-state index contributed by atoms with van der Waals surface area (Å²) in [6.45, 7) is 9.91. The molecule has 0 saturated heterocycles. The van der Waals surface area contributed by atoms with E-state index in [-0.39, 0.29) is 0 Å². The molecule has 15 heavy (non-hydrogen) atoms. The molecule has 1 nitrogen and oxygen atoms in total. The lowest BCUT2D eigenvalue weighted by Gasteiger charge is -2.01. The van der Waals surface area contributed by atoms with E-state index in [0.29, 0.717) is 0 Å². The van der Waals surface area contributed by atoms with Gasteiger partial charge in [-0.2, -0.15) is 0 Å². The van der Waals surface area contributed by atoms with Crippen molar-refractivity contribution in [3.63, 3.8) is 0 Å². The highest BCUT2D eigenvalue weighted by molar-refractivity contribution is 5.35. The molecule has 0 radical (unpaired) electrons. The predicted molar refractivity (Wildman–Crippen MR) is 67.7 cm³/mol. The van der Waals surface area contributed by atoms with Crippen molar-refractivity contribution in [1.82, 2.24) is 5.32 Å². The van der Waals surface area contributed by atoms with Crippen LogP contribution in [-0.2, 0) is 6.54 Å². The third-order valence-corrected chi connectivity index (χ3v) is 1.80. The lowest BCUT2D eigenvalue weighted by molar-refractivity contribution is 0.727. The van der Waals surface area contributed by atoms with Crippen LogP contribution in [0.25, 0.3) is 0 Å². The Hall–Kier alpha value is -1.26. The minimum atomic E-state index is 0.941. The van der Waals surface area contributed by atoms with E-state index in [2.05, 4.69) is 48.3 Å². The third-order valence-electron chi connectivity index (χ3n) is 1.80. The second-order valence-electron chi connectivity index (χ2n) is 2.85. The molecule has 0 aliphatic rings. The van der Waals surface area contributed by atoms with Crippen LogP contribution < -0.4 is 5.32 Å². The van der Waals surface area contributed by atoms with Gasteiger partial charge >= 0.3 is 0 Å². The lowest BCUT2D eigenvalue weighted by atomic mass is 10.1. The fourth-order valence-electron chi connectivity index (χ4n) is 1.12. The highest BCUT2D eigenvalue weighted by atomic mass is 14.8. The first-order chi connectivity index (χ1) is 7.36. The van der Waals surface area contributed by atoms with Crippen LogP contribution in [0.2, 0.25) is 0 Å². The molecule has 1 rings (SSSR count). The summed E-state index contributed by atoms with van der Waals surface area (Å²) in [7, 11) is 0. The topological polar surface area (TPSA) is 12.0 Å². The molecule has 0 unspecified atom stereocenters. The third kappa shape index (κ3) is 5.93. The average molecular weight is 203 g/mol. The molecule has 0 aliphatic heterocycles. The Morgan fingerprint density at radius 2 is 1.73 bits per heavy atom. The van der Waals surface area contributed by atoms with E-state index in [9.17, 15) is 0 Å². The van der Waals surface area contributed by atoms with Crippen molar-refractivity contribution in [1.29, 1.82) is 0 Å². The summed E-state index contributed by atoms with van der Waals surface area (Å²) in [5, 5.41) is 3.28. The Morgan fingerprint density at radius 3 is 2.20 bits per heavy atom. The summed E-state index contributed by atoms with van der Waals surface area (Å²) in [6, 6.07) is 8.34. The van der Waals surface area contributed by atoms with Crippen LogP contribution in [0.4, 0.5) is 0 Å². The SMILES string of the molecule is CC.CC#Cc1ccc(CNCC)cc1. The van der Waals surface area contributed by atoms with Gasteiger partial charge in [-0.15, -0.1) is 5.92 Å². The molecule has 0 aromatic heterocycles. The molecule has 0 atom stereocenters. The second-order valence-corrected chi connectivity index (χ2v) is 2.85. The number of rotatable bonds is 3. The van der Waals surface area contributed by atoms with Crippen molar-refractivity contribution in [3.05, 3.63) is 35.4 Å². The number of hydrogen-bond donors (Lipinski definition) is 1. The van der Waals surface area contributed by atoms with Gasteiger partial charge in [-0.3, -0.25) is 0 Å². The van der Waals surface area contributed by atoms with Crippen molar-refractivity contribution in [2.75, 3.05) is 6.54 Å². The van der Waals surface area contributed by atoms with Gasteiger partial charge in [0.15, 0.2) is 0 Å². The molecule has 0 fully saturated rings. The second kappa shape index (κ2) is 9.30. The van der Waals surface area contributed by atoms with Gasteiger partial charge in [0, 0.05) is 12.1 Å². The summed E-state index contributed by atoms with van der Waals surface area (Å²) in [4.78, 5) is 0. The maximum absolute atomic E-state index is 3.28. The highest BCUT2D eigenvalue weighted by Gasteiger charge is 1.90. The molecule has 0 aliphatic carbocycles. The molecule has 1 aromatic rings. The normalized spacial score (nSPS) is 8.27. The first-order valence-corrected chi connectivity index (χ1v) is 5.59. The Balaban J connectivity index is 0.000000921. The Bertz CT molecular complexity index is 300. The fourth-order valence-corrected chi connectivity index (χ4v) is 1.12. The minimum Gasteiger partial charge on any atom is -0.313 e. The van der Waals surface area contributed by atoms with Gasteiger partial charge in [0.1, 0.15) is 0 Å². The van der Waals surface area contributed by atoms with Crippen LogP contribution in [0, 0.1) is 11.8 Å². The molecule has 0 bridgehead atoms. The summed E-state index contributed by atoms with van der Waals surface area (Å²) < 4.78 is 0. The van der Waals surface area contributed by atoms with Gasteiger partial charge < -0.3 is 5.32 Å². The zero-order valence-electron chi connectivity index (χ0n) is 10.2.